The summed E-state index contributed by atoms with van der Waals surface area (Å²) in [5, 5.41) is 9.14. The van der Waals surface area contributed by atoms with Crippen LogP contribution in [0.5, 0.6) is 5.75 Å². The van der Waals surface area contributed by atoms with Crippen LogP contribution in [0.15, 0.2) is 60.7 Å². The maximum Gasteiger partial charge on any atom is 0.167 e. The number of hydrogen-bond acceptors (Lipinski definition) is 2. The van der Waals surface area contributed by atoms with E-state index < -0.39 is 11.6 Å². The van der Waals surface area contributed by atoms with Crippen molar-refractivity contribution in [3.8, 4) is 16.9 Å². The molecule has 0 aliphatic heterocycles. The highest BCUT2D eigenvalue weighted by Gasteiger charge is 2.23. The summed E-state index contributed by atoms with van der Waals surface area (Å²) in [5.74, 6) is -1.08. The first kappa shape index (κ1) is 23.1. The molecule has 0 radical (unpaired) electrons. The molecule has 172 valence electrons. The molecule has 2 nitrogen and oxygen atoms in total. The molecule has 4 rings (SSSR count). The summed E-state index contributed by atoms with van der Waals surface area (Å²) in [6.07, 6.45) is 7.01. The number of ether oxygens (including phenoxy) is 1. The van der Waals surface area contributed by atoms with Gasteiger partial charge in [0, 0.05) is 17.2 Å². The fourth-order valence-corrected chi connectivity index (χ4v) is 4.53. The highest BCUT2D eigenvalue weighted by atomic mass is 19.2. The summed E-state index contributed by atoms with van der Waals surface area (Å²) in [6.45, 7) is -0.0994. The molecule has 3 aromatic carbocycles. The highest BCUT2D eigenvalue weighted by molar-refractivity contribution is 5.67. The monoisotopic (exact) mass is 452 g/mol. The Labute approximate surface area is 192 Å². The van der Waals surface area contributed by atoms with Crippen LogP contribution in [-0.4, -0.2) is 12.2 Å². The number of rotatable bonds is 6. The third kappa shape index (κ3) is 5.14. The topological polar surface area (TPSA) is 29.5 Å². The Balaban J connectivity index is 1.42. The number of halogens is 3. The average molecular weight is 453 g/mol. The minimum Gasteiger partial charge on any atom is -0.497 e. The van der Waals surface area contributed by atoms with Gasteiger partial charge in [-0.1, -0.05) is 54.6 Å². The van der Waals surface area contributed by atoms with E-state index in [-0.39, 0.29) is 35.4 Å². The van der Waals surface area contributed by atoms with Gasteiger partial charge in [-0.2, -0.15) is 0 Å². The molecule has 1 aliphatic carbocycles. The zero-order valence-corrected chi connectivity index (χ0v) is 18.5. The van der Waals surface area contributed by atoms with Crippen molar-refractivity contribution in [1.82, 2.24) is 0 Å². The smallest absolute Gasteiger partial charge is 0.167 e. The molecule has 0 unspecified atom stereocenters. The van der Waals surface area contributed by atoms with Crippen LogP contribution >= 0.6 is 0 Å². The van der Waals surface area contributed by atoms with E-state index in [9.17, 15) is 13.2 Å². The molecule has 0 bridgehead atoms. The summed E-state index contributed by atoms with van der Waals surface area (Å²) >= 11 is 0. The van der Waals surface area contributed by atoms with Gasteiger partial charge in [-0.15, -0.1) is 0 Å². The average Bonchev–Trinajstić information content (AvgIpc) is 2.85. The molecule has 0 spiro atoms. The Morgan fingerprint density at radius 1 is 0.909 bits per heavy atom. The van der Waals surface area contributed by atoms with Crippen LogP contribution in [0.2, 0.25) is 0 Å². The van der Waals surface area contributed by atoms with Crippen LogP contribution in [-0.2, 0) is 6.61 Å². The van der Waals surface area contributed by atoms with Crippen molar-refractivity contribution in [2.75, 3.05) is 7.11 Å². The molecule has 33 heavy (non-hydrogen) atoms. The predicted octanol–water partition coefficient (Wildman–Crippen LogP) is 7.26. The number of aliphatic hydroxyl groups is 1. The largest absolute Gasteiger partial charge is 0.497 e. The Morgan fingerprint density at radius 2 is 1.64 bits per heavy atom. The van der Waals surface area contributed by atoms with Gasteiger partial charge >= 0.3 is 0 Å². The minimum atomic E-state index is -0.882. The van der Waals surface area contributed by atoms with Gasteiger partial charge in [0.2, 0.25) is 0 Å². The number of allylic oxidation sites excluding steroid dienone is 1. The SMILES string of the molecule is COc1ccc(C2CCC(/C=C/c3ccc(-c4ccc(CO)cc4)c(F)c3F)CC2)c(F)c1. The Morgan fingerprint density at radius 3 is 2.27 bits per heavy atom. The summed E-state index contributed by atoms with van der Waals surface area (Å²) in [5.41, 5.74) is 2.39. The van der Waals surface area contributed by atoms with Gasteiger partial charge in [-0.05, 0) is 60.3 Å². The first-order valence-corrected chi connectivity index (χ1v) is 11.2. The summed E-state index contributed by atoms with van der Waals surface area (Å²) < 4.78 is 48.9. The predicted molar refractivity (Wildman–Crippen MR) is 124 cm³/mol. The quantitative estimate of drug-likeness (QED) is 0.427. The molecule has 5 heteroatoms. The molecule has 0 atom stereocenters. The Bertz CT molecular complexity index is 1130. The van der Waals surface area contributed by atoms with Crippen LogP contribution in [0, 0.1) is 23.4 Å². The first-order chi connectivity index (χ1) is 16.0. The van der Waals surface area contributed by atoms with Crippen molar-refractivity contribution in [2.45, 2.75) is 38.2 Å². The molecule has 1 aliphatic rings. The molecular weight excluding hydrogens is 425 g/mol. The Kier molecular flexibility index (Phi) is 7.19. The van der Waals surface area contributed by atoms with Gasteiger partial charge in [0.15, 0.2) is 11.6 Å². The van der Waals surface area contributed by atoms with Crippen molar-refractivity contribution >= 4 is 6.08 Å². The van der Waals surface area contributed by atoms with E-state index in [0.717, 1.165) is 25.7 Å². The molecule has 0 aromatic heterocycles. The lowest BCUT2D eigenvalue weighted by atomic mass is 9.78. The van der Waals surface area contributed by atoms with E-state index in [0.29, 0.717) is 22.4 Å². The third-order valence-corrected chi connectivity index (χ3v) is 6.53. The van der Waals surface area contributed by atoms with E-state index in [1.807, 2.05) is 6.08 Å². The van der Waals surface area contributed by atoms with Crippen molar-refractivity contribution in [3.05, 3.63) is 94.8 Å². The van der Waals surface area contributed by atoms with Crippen molar-refractivity contribution in [2.24, 2.45) is 5.92 Å². The van der Waals surface area contributed by atoms with Crippen LogP contribution in [0.25, 0.3) is 17.2 Å². The third-order valence-electron chi connectivity index (χ3n) is 6.53. The zero-order valence-electron chi connectivity index (χ0n) is 18.5. The Hall–Kier alpha value is -3.05. The van der Waals surface area contributed by atoms with E-state index in [2.05, 4.69) is 0 Å². The van der Waals surface area contributed by atoms with Gasteiger partial charge in [-0.3, -0.25) is 0 Å². The summed E-state index contributed by atoms with van der Waals surface area (Å²) in [6, 6.07) is 14.9. The molecule has 3 aromatic rings. The molecule has 0 saturated heterocycles. The molecule has 1 N–H and O–H groups in total. The summed E-state index contributed by atoms with van der Waals surface area (Å²) in [4.78, 5) is 0. The second kappa shape index (κ2) is 10.3. The number of methoxy groups -OCH3 is 1. The molecule has 1 fully saturated rings. The lowest BCUT2D eigenvalue weighted by molar-refractivity contribution is 0.282. The van der Waals surface area contributed by atoms with Crippen molar-refractivity contribution < 1.29 is 23.0 Å². The van der Waals surface area contributed by atoms with Crippen LogP contribution in [0.3, 0.4) is 0 Å². The molecule has 0 amide bonds. The normalized spacial score (nSPS) is 18.6. The number of hydrogen-bond donors (Lipinski definition) is 1. The number of aliphatic hydroxyl groups excluding tert-OH is 1. The van der Waals surface area contributed by atoms with Crippen LogP contribution in [0.1, 0.15) is 48.3 Å². The van der Waals surface area contributed by atoms with Gasteiger partial charge < -0.3 is 9.84 Å². The maximum absolute atomic E-state index is 14.7. The van der Waals surface area contributed by atoms with Gasteiger partial charge in [0.05, 0.1) is 13.7 Å². The second-order valence-corrected chi connectivity index (χ2v) is 8.54. The standard InChI is InChI=1S/C28H27F3O2/c1-33-23-13-15-24(26(29)16-23)20-7-2-18(3-8-20)4-11-22-12-14-25(28(31)27(22)30)21-9-5-19(17-32)6-10-21/h4-6,9-16,18,20,32H,2-3,7-8,17H2,1H3/b11-4+. The fourth-order valence-electron chi connectivity index (χ4n) is 4.53. The molecule has 0 heterocycles. The lowest BCUT2D eigenvalue weighted by Crippen LogP contribution is -2.13. The molecular formula is C28H27F3O2. The van der Waals surface area contributed by atoms with E-state index in [1.165, 1.54) is 13.2 Å². The summed E-state index contributed by atoms with van der Waals surface area (Å²) in [7, 11) is 1.52. The van der Waals surface area contributed by atoms with Gasteiger partial charge in [-0.25, -0.2) is 13.2 Å². The van der Waals surface area contributed by atoms with Crippen LogP contribution in [0.4, 0.5) is 13.2 Å². The van der Waals surface area contributed by atoms with E-state index in [4.69, 9.17) is 9.84 Å². The zero-order chi connectivity index (χ0) is 23.4. The van der Waals surface area contributed by atoms with Crippen molar-refractivity contribution in [3.63, 3.8) is 0 Å². The fraction of sp³-hybridized carbons (Fsp3) is 0.286. The van der Waals surface area contributed by atoms with Gasteiger partial charge in [0.25, 0.3) is 0 Å². The van der Waals surface area contributed by atoms with E-state index >= 15 is 0 Å². The first-order valence-electron chi connectivity index (χ1n) is 11.2. The highest BCUT2D eigenvalue weighted by Crippen LogP contribution is 2.38. The van der Waals surface area contributed by atoms with Gasteiger partial charge in [0.1, 0.15) is 11.6 Å². The van der Waals surface area contributed by atoms with Crippen LogP contribution < -0.4 is 4.74 Å². The minimum absolute atomic E-state index is 0.0994. The second-order valence-electron chi connectivity index (χ2n) is 8.54. The molecule has 1 saturated carbocycles. The van der Waals surface area contributed by atoms with Crippen molar-refractivity contribution in [1.29, 1.82) is 0 Å². The van der Waals surface area contributed by atoms with E-state index in [1.54, 1.807) is 54.6 Å². The maximum atomic E-state index is 14.7. The number of benzene rings is 3. The lowest BCUT2D eigenvalue weighted by Gasteiger charge is -2.27.